The summed E-state index contributed by atoms with van der Waals surface area (Å²) in [5.74, 6) is -0.0295. The number of hydrogen-bond acceptors (Lipinski definition) is 6. The summed E-state index contributed by atoms with van der Waals surface area (Å²) in [5, 5.41) is 2.33. The standard InChI is InChI=1S/C28H31Cl4N3O6S2.C8H10/c1-3-33-24(18(8-6-12-42(36,37)38)19-14-20(29)21(30)15-25(19)33)9-5-10-28-34(4-2)26-16-22(31)23(32)17-27(26)35(28)11-7-13-43(39,40)41;1-2-8-6-4-3-5-7-8/h5,9-10,14-17H,3-4,6-8,11-13H2,1-2H3,(H,36,37,38)(H,39,40,41);3-7H,2H2,1H3/b9-5+,28-10+;. The van der Waals surface area contributed by atoms with Crippen LogP contribution in [-0.2, 0) is 39.6 Å². The van der Waals surface area contributed by atoms with Gasteiger partial charge in [-0.25, -0.2) is 0 Å². The first kappa shape index (κ1) is 41.0. The Labute approximate surface area is 320 Å². The van der Waals surface area contributed by atoms with Crippen LogP contribution in [0.5, 0.6) is 0 Å². The molecule has 0 radical (unpaired) electrons. The second-order valence-corrected chi connectivity index (χ2v) is 16.6. The molecule has 0 aliphatic carbocycles. The summed E-state index contributed by atoms with van der Waals surface area (Å²) in [6, 6.07) is 17.5. The van der Waals surface area contributed by atoms with Crippen LogP contribution in [0.4, 0.5) is 11.4 Å². The second-order valence-electron chi connectivity index (χ2n) is 11.8. The van der Waals surface area contributed by atoms with Crippen LogP contribution in [0.15, 0.2) is 72.6 Å². The summed E-state index contributed by atoms with van der Waals surface area (Å²) in [6.07, 6.45) is 7.53. The zero-order valence-electron chi connectivity index (χ0n) is 28.5. The predicted molar refractivity (Wildman–Crippen MR) is 213 cm³/mol. The minimum Gasteiger partial charge on any atom is -0.341 e. The van der Waals surface area contributed by atoms with Crippen molar-refractivity contribution in [3.8, 4) is 0 Å². The van der Waals surface area contributed by atoms with E-state index in [-0.39, 0.29) is 25.1 Å². The van der Waals surface area contributed by atoms with Gasteiger partial charge in [0.05, 0.1) is 48.5 Å². The van der Waals surface area contributed by atoms with Crippen LogP contribution < -0.4 is 9.80 Å². The van der Waals surface area contributed by atoms with Gasteiger partial charge in [0.15, 0.2) is 0 Å². The smallest absolute Gasteiger partial charge is 0.264 e. The molecule has 0 bridgehead atoms. The first-order chi connectivity index (χ1) is 24.1. The van der Waals surface area contributed by atoms with Crippen molar-refractivity contribution < 1.29 is 25.9 Å². The zero-order valence-corrected chi connectivity index (χ0v) is 33.1. The lowest BCUT2D eigenvalue weighted by molar-refractivity contribution is 0.479. The number of hydrogen-bond donors (Lipinski definition) is 2. The number of fused-ring (bicyclic) bond motifs is 2. The van der Waals surface area contributed by atoms with Crippen LogP contribution in [0.1, 0.15) is 50.4 Å². The quantitative estimate of drug-likeness (QED) is 0.128. The maximum Gasteiger partial charge on any atom is 0.264 e. The van der Waals surface area contributed by atoms with Crippen LogP contribution in [0, 0.1) is 0 Å². The molecule has 0 atom stereocenters. The molecule has 276 valence electrons. The van der Waals surface area contributed by atoms with Gasteiger partial charge < -0.3 is 14.4 Å². The van der Waals surface area contributed by atoms with E-state index in [2.05, 4.69) is 35.8 Å². The first-order valence-electron chi connectivity index (χ1n) is 16.4. The van der Waals surface area contributed by atoms with E-state index in [1.165, 1.54) is 5.56 Å². The SMILES string of the molecule is CCN1/C(=C\C=C\c2c(CCCS(=O)(=O)O)c3cc(Cl)c(Cl)cc3n2CC)N(CCCS(=O)(=O)O)c2cc(Cl)c(Cl)cc21.CCc1ccccc1. The molecule has 3 aromatic carbocycles. The van der Waals surface area contributed by atoms with Crippen molar-refractivity contribution in [2.24, 2.45) is 0 Å². The average Bonchev–Trinajstić information content (AvgIpc) is 3.50. The number of aromatic nitrogens is 1. The summed E-state index contributed by atoms with van der Waals surface area (Å²) in [7, 11) is -8.27. The summed E-state index contributed by atoms with van der Waals surface area (Å²) < 4.78 is 66.3. The molecule has 9 nitrogen and oxygen atoms in total. The van der Waals surface area contributed by atoms with Crippen molar-refractivity contribution in [2.75, 3.05) is 34.4 Å². The Morgan fingerprint density at radius 3 is 1.84 bits per heavy atom. The molecule has 1 aromatic heterocycles. The highest BCUT2D eigenvalue weighted by atomic mass is 35.5. The van der Waals surface area contributed by atoms with Gasteiger partial charge in [-0.15, -0.1) is 0 Å². The molecule has 15 heteroatoms. The zero-order chi connectivity index (χ0) is 37.5. The maximum atomic E-state index is 11.4. The van der Waals surface area contributed by atoms with Gasteiger partial charge in [-0.2, -0.15) is 16.8 Å². The molecular weight excluding hydrogens is 776 g/mol. The third-order valence-corrected chi connectivity index (χ3v) is 11.5. The fraction of sp³-hybridized carbons (Fsp3) is 0.333. The summed E-state index contributed by atoms with van der Waals surface area (Å²) in [6.45, 7) is 7.57. The Kier molecular flexibility index (Phi) is 14.4. The number of aryl methyl sites for hydroxylation is 3. The number of rotatable bonds is 13. The van der Waals surface area contributed by atoms with Gasteiger partial charge in [0.2, 0.25) is 0 Å². The molecule has 0 saturated heterocycles. The number of halogens is 4. The molecule has 0 amide bonds. The Bertz CT molecular complexity index is 2140. The topological polar surface area (TPSA) is 120 Å². The van der Waals surface area contributed by atoms with Crippen LogP contribution in [-0.4, -0.2) is 55.1 Å². The van der Waals surface area contributed by atoms with E-state index in [4.69, 9.17) is 46.4 Å². The predicted octanol–water partition coefficient (Wildman–Crippen LogP) is 9.82. The van der Waals surface area contributed by atoms with Crippen molar-refractivity contribution in [1.29, 1.82) is 0 Å². The van der Waals surface area contributed by atoms with Crippen LogP contribution in [0.2, 0.25) is 20.1 Å². The molecule has 0 spiro atoms. The Balaban J connectivity index is 0.000000641. The van der Waals surface area contributed by atoms with E-state index in [1.807, 2.05) is 47.9 Å². The monoisotopic (exact) mass is 815 g/mol. The van der Waals surface area contributed by atoms with Crippen LogP contribution >= 0.6 is 46.4 Å². The lowest BCUT2D eigenvalue weighted by Gasteiger charge is -2.24. The highest BCUT2D eigenvalue weighted by Gasteiger charge is 2.31. The Morgan fingerprint density at radius 1 is 0.725 bits per heavy atom. The molecule has 4 aromatic rings. The van der Waals surface area contributed by atoms with Gasteiger partial charge in [-0.05, 0) is 87.1 Å². The minimum atomic E-state index is -4.14. The van der Waals surface area contributed by atoms with Crippen molar-refractivity contribution in [3.05, 3.63) is 109 Å². The van der Waals surface area contributed by atoms with Crippen molar-refractivity contribution in [3.63, 3.8) is 0 Å². The maximum absolute atomic E-state index is 11.4. The average molecular weight is 818 g/mol. The fourth-order valence-corrected chi connectivity index (χ4v) is 7.74. The normalized spacial score (nSPS) is 14.1. The van der Waals surface area contributed by atoms with Crippen LogP contribution in [0.3, 0.4) is 0 Å². The second kappa shape index (κ2) is 17.9. The van der Waals surface area contributed by atoms with Gasteiger partial charge in [0, 0.05) is 30.7 Å². The Morgan fingerprint density at radius 2 is 1.29 bits per heavy atom. The van der Waals surface area contributed by atoms with Gasteiger partial charge in [-0.3, -0.25) is 9.11 Å². The highest BCUT2D eigenvalue weighted by molar-refractivity contribution is 7.86. The fourth-order valence-electron chi connectivity index (χ4n) is 6.10. The molecule has 0 saturated carbocycles. The minimum absolute atomic E-state index is 0.167. The lowest BCUT2D eigenvalue weighted by Crippen LogP contribution is -2.29. The number of anilines is 2. The number of nitrogens with zero attached hydrogens (tertiary/aromatic N) is 3. The molecular formula is C36H41Cl4N3O6S2. The lowest BCUT2D eigenvalue weighted by atomic mass is 10.1. The Hall–Kier alpha value is -2.74. The van der Waals surface area contributed by atoms with E-state index in [9.17, 15) is 25.9 Å². The summed E-state index contributed by atoms with van der Waals surface area (Å²) >= 11 is 25.4. The van der Waals surface area contributed by atoms with Gasteiger partial charge in [0.25, 0.3) is 20.2 Å². The largest absolute Gasteiger partial charge is 0.341 e. The van der Waals surface area contributed by atoms with E-state index < -0.39 is 26.0 Å². The van der Waals surface area contributed by atoms with Crippen molar-refractivity contribution in [2.45, 2.75) is 53.0 Å². The van der Waals surface area contributed by atoms with Gasteiger partial charge in [-0.1, -0.05) is 89.7 Å². The molecule has 1 aliphatic rings. The third-order valence-electron chi connectivity index (χ3n) is 8.40. The van der Waals surface area contributed by atoms with E-state index in [0.717, 1.165) is 45.8 Å². The van der Waals surface area contributed by atoms with Crippen molar-refractivity contribution in [1.82, 2.24) is 4.57 Å². The number of benzene rings is 3. The van der Waals surface area contributed by atoms with Gasteiger partial charge in [0.1, 0.15) is 5.82 Å². The third kappa shape index (κ3) is 10.7. The summed E-state index contributed by atoms with van der Waals surface area (Å²) in [5.41, 5.74) is 5.49. The van der Waals surface area contributed by atoms with E-state index in [1.54, 1.807) is 24.3 Å². The van der Waals surface area contributed by atoms with Gasteiger partial charge >= 0.3 is 0 Å². The highest BCUT2D eigenvalue weighted by Crippen LogP contribution is 2.45. The van der Waals surface area contributed by atoms with E-state index >= 15 is 0 Å². The van der Waals surface area contributed by atoms with Crippen molar-refractivity contribution >= 4 is 95.0 Å². The summed E-state index contributed by atoms with van der Waals surface area (Å²) in [4.78, 5) is 3.95. The molecule has 1 aliphatic heterocycles. The van der Waals surface area contributed by atoms with E-state index in [0.29, 0.717) is 39.6 Å². The molecule has 2 heterocycles. The number of allylic oxidation sites excluding steroid dienone is 2. The molecule has 5 rings (SSSR count). The van der Waals surface area contributed by atoms with Crippen LogP contribution in [0.25, 0.3) is 17.0 Å². The molecule has 51 heavy (non-hydrogen) atoms. The first-order valence-corrected chi connectivity index (χ1v) is 21.2. The molecule has 0 fully saturated rings. The molecule has 2 N–H and O–H groups in total. The molecule has 0 unspecified atom stereocenters.